The minimum Gasteiger partial charge on any atom is -0.465 e. The number of rotatable bonds is 3. The van der Waals surface area contributed by atoms with Crippen LogP contribution in [0.15, 0.2) is 88.5 Å². The predicted molar refractivity (Wildman–Crippen MR) is 96.1 cm³/mol. The van der Waals surface area contributed by atoms with Crippen LogP contribution < -0.4 is 5.32 Å². The van der Waals surface area contributed by atoms with E-state index in [9.17, 15) is 0 Å². The summed E-state index contributed by atoms with van der Waals surface area (Å²) in [6, 6.07) is 24.5. The Hall–Kier alpha value is -2.65. The Kier molecular flexibility index (Phi) is 3.39. The number of hydrogen-bond acceptors (Lipinski definition) is 3. The Morgan fingerprint density at radius 2 is 1.50 bits per heavy atom. The summed E-state index contributed by atoms with van der Waals surface area (Å²) in [4.78, 5) is 5.17. The third kappa shape index (κ3) is 2.29. The standard InChI is InChI=1S/C21H20N2O/c1-20(2)19(16-10-5-3-6-11-16)22-21(23-20,18-14-9-15-24-18)17-12-7-4-8-13-17/h3-15,23H,1-2H3. The van der Waals surface area contributed by atoms with Crippen molar-refractivity contribution in [2.45, 2.75) is 25.0 Å². The van der Waals surface area contributed by atoms with E-state index < -0.39 is 5.66 Å². The van der Waals surface area contributed by atoms with Gasteiger partial charge in [0.05, 0.1) is 17.5 Å². The second kappa shape index (κ2) is 5.46. The van der Waals surface area contributed by atoms with Gasteiger partial charge in [0, 0.05) is 5.56 Å². The molecule has 2 heterocycles. The molecule has 4 rings (SSSR count). The summed E-state index contributed by atoms with van der Waals surface area (Å²) in [7, 11) is 0. The van der Waals surface area contributed by atoms with Crippen LogP contribution in [0.3, 0.4) is 0 Å². The summed E-state index contributed by atoms with van der Waals surface area (Å²) < 4.78 is 5.78. The van der Waals surface area contributed by atoms with Gasteiger partial charge >= 0.3 is 0 Å². The summed E-state index contributed by atoms with van der Waals surface area (Å²) in [5, 5.41) is 3.71. The number of nitrogens with zero attached hydrogens (tertiary/aromatic N) is 1. The molecule has 1 atom stereocenters. The predicted octanol–water partition coefficient (Wildman–Crippen LogP) is 4.35. The Balaban J connectivity index is 1.95. The lowest BCUT2D eigenvalue weighted by atomic mass is 9.92. The molecule has 0 aliphatic carbocycles. The molecule has 0 saturated carbocycles. The SMILES string of the molecule is CC1(C)NC(c2ccccc2)(c2ccco2)N=C1c1ccccc1. The van der Waals surface area contributed by atoms with Crippen molar-refractivity contribution >= 4 is 5.71 Å². The van der Waals surface area contributed by atoms with E-state index in [-0.39, 0.29) is 5.54 Å². The molecule has 120 valence electrons. The van der Waals surface area contributed by atoms with Crippen molar-refractivity contribution in [3.8, 4) is 0 Å². The lowest BCUT2D eigenvalue weighted by Gasteiger charge is -2.30. The molecule has 1 unspecified atom stereocenters. The van der Waals surface area contributed by atoms with E-state index in [1.807, 2.05) is 48.5 Å². The minimum absolute atomic E-state index is 0.288. The maximum Gasteiger partial charge on any atom is 0.195 e. The van der Waals surface area contributed by atoms with Gasteiger partial charge < -0.3 is 4.42 Å². The molecule has 3 heteroatoms. The van der Waals surface area contributed by atoms with Crippen molar-refractivity contribution in [2.75, 3.05) is 0 Å². The lowest BCUT2D eigenvalue weighted by Crippen LogP contribution is -2.50. The number of benzene rings is 2. The normalized spacial score (nSPS) is 22.3. The van der Waals surface area contributed by atoms with Gasteiger partial charge in [0.2, 0.25) is 0 Å². The van der Waals surface area contributed by atoms with Crippen molar-refractivity contribution in [1.29, 1.82) is 0 Å². The molecule has 0 fully saturated rings. The largest absolute Gasteiger partial charge is 0.465 e. The molecule has 1 aliphatic rings. The highest BCUT2D eigenvalue weighted by Gasteiger charge is 2.49. The maximum atomic E-state index is 5.78. The number of hydrogen-bond donors (Lipinski definition) is 1. The van der Waals surface area contributed by atoms with Crippen molar-refractivity contribution in [3.05, 3.63) is 95.9 Å². The van der Waals surface area contributed by atoms with E-state index in [2.05, 4.69) is 43.4 Å². The fourth-order valence-corrected chi connectivity index (χ4v) is 3.43. The van der Waals surface area contributed by atoms with E-state index >= 15 is 0 Å². The van der Waals surface area contributed by atoms with Gasteiger partial charge in [0.1, 0.15) is 0 Å². The molecular weight excluding hydrogens is 296 g/mol. The Morgan fingerprint density at radius 3 is 2.12 bits per heavy atom. The number of furan rings is 1. The Morgan fingerprint density at radius 1 is 0.833 bits per heavy atom. The molecule has 24 heavy (non-hydrogen) atoms. The van der Waals surface area contributed by atoms with Gasteiger partial charge in [0.25, 0.3) is 0 Å². The first-order chi connectivity index (χ1) is 11.6. The van der Waals surface area contributed by atoms with Crippen LogP contribution in [0.25, 0.3) is 0 Å². The van der Waals surface area contributed by atoms with Crippen LogP contribution >= 0.6 is 0 Å². The highest BCUT2D eigenvalue weighted by Crippen LogP contribution is 2.40. The van der Waals surface area contributed by atoms with Crippen LogP contribution in [0.5, 0.6) is 0 Å². The molecule has 1 aliphatic heterocycles. The van der Waals surface area contributed by atoms with Gasteiger partial charge in [0.15, 0.2) is 11.4 Å². The second-order valence-corrected chi connectivity index (χ2v) is 6.63. The molecule has 2 aromatic carbocycles. The van der Waals surface area contributed by atoms with Gasteiger partial charge in [-0.05, 0) is 31.5 Å². The molecule has 3 aromatic rings. The van der Waals surface area contributed by atoms with Crippen LogP contribution in [-0.2, 0) is 5.66 Å². The smallest absolute Gasteiger partial charge is 0.195 e. The van der Waals surface area contributed by atoms with Crippen LogP contribution in [0.4, 0.5) is 0 Å². The third-order valence-electron chi connectivity index (χ3n) is 4.48. The summed E-state index contributed by atoms with van der Waals surface area (Å²) in [6.07, 6.45) is 1.70. The zero-order valence-corrected chi connectivity index (χ0v) is 13.9. The quantitative estimate of drug-likeness (QED) is 0.780. The summed E-state index contributed by atoms with van der Waals surface area (Å²) >= 11 is 0. The van der Waals surface area contributed by atoms with E-state index in [1.165, 1.54) is 0 Å². The first kappa shape index (κ1) is 14.9. The summed E-state index contributed by atoms with van der Waals surface area (Å²) in [5.74, 6) is 0.799. The van der Waals surface area contributed by atoms with E-state index in [1.54, 1.807) is 6.26 Å². The molecule has 1 N–H and O–H groups in total. The summed E-state index contributed by atoms with van der Waals surface area (Å²) in [6.45, 7) is 4.32. The van der Waals surface area contributed by atoms with E-state index in [0.717, 1.165) is 22.6 Å². The molecule has 0 bridgehead atoms. The van der Waals surface area contributed by atoms with Gasteiger partial charge in [-0.2, -0.15) is 0 Å². The first-order valence-electron chi connectivity index (χ1n) is 8.16. The van der Waals surface area contributed by atoms with Gasteiger partial charge in [-0.25, -0.2) is 0 Å². The van der Waals surface area contributed by atoms with Crippen LogP contribution in [-0.4, -0.2) is 11.3 Å². The number of nitrogens with one attached hydrogen (secondary N) is 1. The topological polar surface area (TPSA) is 37.5 Å². The molecule has 0 amide bonds. The molecule has 0 radical (unpaired) electrons. The Labute approximate surface area is 142 Å². The van der Waals surface area contributed by atoms with Crippen molar-refractivity contribution in [2.24, 2.45) is 4.99 Å². The lowest BCUT2D eigenvalue weighted by molar-refractivity contribution is 0.314. The molecule has 0 spiro atoms. The van der Waals surface area contributed by atoms with Crippen molar-refractivity contribution < 1.29 is 4.42 Å². The molecule has 1 aromatic heterocycles. The fourth-order valence-electron chi connectivity index (χ4n) is 3.43. The van der Waals surface area contributed by atoms with Crippen LogP contribution in [0.2, 0.25) is 0 Å². The van der Waals surface area contributed by atoms with Crippen LogP contribution in [0.1, 0.15) is 30.7 Å². The van der Waals surface area contributed by atoms with Gasteiger partial charge in [-0.3, -0.25) is 10.3 Å². The zero-order valence-electron chi connectivity index (χ0n) is 13.9. The fraction of sp³-hybridized carbons (Fsp3) is 0.190. The van der Waals surface area contributed by atoms with E-state index in [4.69, 9.17) is 9.41 Å². The monoisotopic (exact) mass is 316 g/mol. The number of aliphatic imine (C=N–C) groups is 1. The molecule has 0 saturated heterocycles. The van der Waals surface area contributed by atoms with Gasteiger partial charge in [-0.1, -0.05) is 60.7 Å². The average Bonchev–Trinajstić information content (AvgIpc) is 3.23. The molecule has 3 nitrogen and oxygen atoms in total. The third-order valence-corrected chi connectivity index (χ3v) is 4.48. The molecular formula is C21H20N2O. The average molecular weight is 316 g/mol. The first-order valence-corrected chi connectivity index (χ1v) is 8.16. The second-order valence-electron chi connectivity index (χ2n) is 6.63. The minimum atomic E-state index is -0.709. The van der Waals surface area contributed by atoms with Gasteiger partial charge in [-0.15, -0.1) is 0 Å². The van der Waals surface area contributed by atoms with Crippen molar-refractivity contribution in [1.82, 2.24) is 5.32 Å². The zero-order chi connectivity index (χ0) is 16.6. The highest BCUT2D eigenvalue weighted by molar-refractivity contribution is 6.08. The summed E-state index contributed by atoms with van der Waals surface area (Å²) in [5.41, 5.74) is 2.23. The van der Waals surface area contributed by atoms with E-state index in [0.29, 0.717) is 0 Å². The van der Waals surface area contributed by atoms with Crippen LogP contribution in [0, 0.1) is 0 Å². The maximum absolute atomic E-state index is 5.78. The Bertz CT molecular complexity index is 851. The van der Waals surface area contributed by atoms with Crippen molar-refractivity contribution in [3.63, 3.8) is 0 Å². The highest BCUT2D eigenvalue weighted by atomic mass is 16.3.